The lowest BCUT2D eigenvalue weighted by Gasteiger charge is -2.34. The van der Waals surface area contributed by atoms with E-state index in [4.69, 9.17) is 0 Å². The highest BCUT2D eigenvalue weighted by Gasteiger charge is 2.26. The van der Waals surface area contributed by atoms with E-state index in [-0.39, 0.29) is 12.4 Å². The number of hydrogen-bond acceptors (Lipinski definition) is 3. The smallest absolute Gasteiger partial charge is 0.179 e. The summed E-state index contributed by atoms with van der Waals surface area (Å²) in [6.07, 6.45) is 4.18. The predicted octanol–water partition coefficient (Wildman–Crippen LogP) is 3.20. The molecule has 4 nitrogen and oxygen atoms in total. The van der Waals surface area contributed by atoms with Crippen LogP contribution in [0.3, 0.4) is 0 Å². The van der Waals surface area contributed by atoms with E-state index in [9.17, 15) is 9.90 Å². The van der Waals surface area contributed by atoms with Crippen molar-refractivity contribution in [2.75, 3.05) is 19.7 Å². The largest absolute Gasteiger partial charge is 0.396 e. The van der Waals surface area contributed by atoms with Crippen LogP contribution in [-0.4, -0.2) is 46.5 Å². The van der Waals surface area contributed by atoms with Gasteiger partial charge in [-0.1, -0.05) is 18.6 Å². The molecule has 2 aromatic rings. The number of rotatable bonds is 5. The molecule has 1 aromatic heterocycles. The lowest BCUT2D eigenvalue weighted by atomic mass is 9.98. The van der Waals surface area contributed by atoms with Crippen molar-refractivity contribution < 1.29 is 9.90 Å². The van der Waals surface area contributed by atoms with Gasteiger partial charge < -0.3 is 10.1 Å². The molecule has 0 unspecified atom stereocenters. The Hall–Kier alpha value is -1.65. The minimum Gasteiger partial charge on any atom is -0.396 e. The number of aliphatic hydroxyl groups is 1. The summed E-state index contributed by atoms with van der Waals surface area (Å²) in [6, 6.07) is 6.53. The van der Waals surface area contributed by atoms with E-state index < -0.39 is 0 Å². The fourth-order valence-electron chi connectivity index (χ4n) is 3.81. The van der Waals surface area contributed by atoms with E-state index in [0.29, 0.717) is 12.6 Å². The summed E-state index contributed by atoms with van der Waals surface area (Å²) in [7, 11) is 0. The van der Waals surface area contributed by atoms with E-state index in [1.54, 1.807) is 0 Å². The Bertz CT molecular complexity index is 703. The van der Waals surface area contributed by atoms with Gasteiger partial charge in [0.25, 0.3) is 0 Å². The molecule has 0 saturated carbocycles. The number of piperidine rings is 1. The van der Waals surface area contributed by atoms with Gasteiger partial charge in [0.2, 0.25) is 0 Å². The number of aromatic amines is 1. The minimum atomic E-state index is 0.183. The second kappa shape index (κ2) is 6.85. The average Bonchev–Trinajstić information content (AvgIpc) is 2.84. The van der Waals surface area contributed by atoms with Gasteiger partial charge in [0.1, 0.15) is 0 Å². The third-order valence-corrected chi connectivity index (χ3v) is 4.98. The highest BCUT2D eigenvalue weighted by atomic mass is 16.3. The van der Waals surface area contributed by atoms with Crippen LogP contribution in [0, 0.1) is 13.8 Å². The summed E-state index contributed by atoms with van der Waals surface area (Å²) in [5, 5.41) is 10.3. The van der Waals surface area contributed by atoms with Gasteiger partial charge in [-0.15, -0.1) is 0 Å². The number of nitrogens with one attached hydrogen (secondary N) is 1. The predicted molar refractivity (Wildman–Crippen MR) is 93.0 cm³/mol. The molecule has 0 aliphatic carbocycles. The number of carbonyl (C=O) groups is 1. The van der Waals surface area contributed by atoms with E-state index >= 15 is 0 Å². The van der Waals surface area contributed by atoms with Crippen LogP contribution in [0.2, 0.25) is 0 Å². The van der Waals surface area contributed by atoms with Gasteiger partial charge in [0, 0.05) is 34.8 Å². The highest BCUT2D eigenvalue weighted by Crippen LogP contribution is 2.25. The lowest BCUT2D eigenvalue weighted by molar-refractivity contribution is 0.0800. The van der Waals surface area contributed by atoms with E-state index in [2.05, 4.69) is 28.9 Å². The molecule has 1 fully saturated rings. The summed E-state index contributed by atoms with van der Waals surface area (Å²) in [6.45, 7) is 5.64. The van der Waals surface area contributed by atoms with E-state index in [1.807, 2.05) is 13.0 Å². The molecule has 1 aliphatic rings. The summed E-state index contributed by atoms with van der Waals surface area (Å²) in [5.74, 6) is 0.183. The lowest BCUT2D eigenvalue weighted by Crippen LogP contribution is -2.43. The number of fused-ring (bicyclic) bond motifs is 1. The molecule has 0 radical (unpaired) electrons. The van der Waals surface area contributed by atoms with Crippen LogP contribution in [-0.2, 0) is 0 Å². The molecule has 0 spiro atoms. The first-order chi connectivity index (χ1) is 11.1. The van der Waals surface area contributed by atoms with Crippen molar-refractivity contribution in [3.8, 4) is 0 Å². The van der Waals surface area contributed by atoms with Crippen molar-refractivity contribution in [2.45, 2.75) is 45.6 Å². The number of ketones is 1. The van der Waals surface area contributed by atoms with Crippen LogP contribution < -0.4 is 0 Å². The highest BCUT2D eigenvalue weighted by molar-refractivity contribution is 6.10. The first-order valence-electron chi connectivity index (χ1n) is 8.57. The topological polar surface area (TPSA) is 56.3 Å². The van der Waals surface area contributed by atoms with Crippen molar-refractivity contribution in [1.29, 1.82) is 0 Å². The molecule has 1 aromatic carbocycles. The Morgan fingerprint density at radius 2 is 2.17 bits per heavy atom. The fraction of sp³-hybridized carbons (Fsp3) is 0.526. The summed E-state index contributed by atoms with van der Waals surface area (Å²) < 4.78 is 0. The zero-order valence-electron chi connectivity index (χ0n) is 14.1. The number of aliphatic hydroxyl groups excluding tert-OH is 1. The quantitative estimate of drug-likeness (QED) is 0.833. The summed E-state index contributed by atoms with van der Waals surface area (Å²) in [5.41, 5.74) is 4.01. The Morgan fingerprint density at radius 1 is 1.35 bits per heavy atom. The first-order valence-corrected chi connectivity index (χ1v) is 8.57. The third-order valence-electron chi connectivity index (χ3n) is 4.98. The number of nitrogens with zero attached hydrogens (tertiary/aromatic N) is 1. The maximum atomic E-state index is 12.9. The molecular weight excluding hydrogens is 288 g/mol. The Kier molecular flexibility index (Phi) is 4.83. The van der Waals surface area contributed by atoms with Crippen molar-refractivity contribution in [2.24, 2.45) is 0 Å². The van der Waals surface area contributed by atoms with Crippen LogP contribution in [0.5, 0.6) is 0 Å². The monoisotopic (exact) mass is 314 g/mol. The third kappa shape index (κ3) is 3.33. The molecule has 1 atom stereocenters. The number of likely N-dealkylation sites (tertiary alicyclic amines) is 1. The van der Waals surface area contributed by atoms with E-state index in [1.165, 1.54) is 12.0 Å². The molecule has 124 valence electrons. The van der Waals surface area contributed by atoms with Gasteiger partial charge in [-0.2, -0.15) is 0 Å². The van der Waals surface area contributed by atoms with Crippen LogP contribution in [0.4, 0.5) is 0 Å². The maximum Gasteiger partial charge on any atom is 0.179 e. The van der Waals surface area contributed by atoms with Crippen molar-refractivity contribution in [3.63, 3.8) is 0 Å². The molecule has 1 saturated heterocycles. The fourth-order valence-corrected chi connectivity index (χ4v) is 3.81. The Balaban J connectivity index is 1.84. The molecule has 0 amide bonds. The second-order valence-corrected chi connectivity index (χ2v) is 6.73. The molecule has 0 bridgehead atoms. The number of benzene rings is 1. The molecule has 1 aliphatic heterocycles. The number of Topliss-reactive ketones (excluding diaryl/α,β-unsaturated/α-hetero) is 1. The van der Waals surface area contributed by atoms with Crippen LogP contribution in [0.15, 0.2) is 18.2 Å². The number of H-pyrrole nitrogens is 1. The molecule has 4 heteroatoms. The van der Waals surface area contributed by atoms with Crippen molar-refractivity contribution in [1.82, 2.24) is 9.88 Å². The zero-order chi connectivity index (χ0) is 16.4. The number of carbonyl (C=O) groups excluding carboxylic acids is 1. The van der Waals surface area contributed by atoms with Crippen LogP contribution in [0.1, 0.15) is 47.3 Å². The second-order valence-electron chi connectivity index (χ2n) is 6.73. The van der Waals surface area contributed by atoms with Gasteiger partial charge >= 0.3 is 0 Å². The van der Waals surface area contributed by atoms with E-state index in [0.717, 1.165) is 48.0 Å². The normalized spacial score (nSPS) is 19.3. The number of aromatic nitrogens is 1. The minimum absolute atomic E-state index is 0.183. The summed E-state index contributed by atoms with van der Waals surface area (Å²) in [4.78, 5) is 18.5. The summed E-state index contributed by atoms with van der Waals surface area (Å²) >= 11 is 0. The van der Waals surface area contributed by atoms with Crippen molar-refractivity contribution >= 4 is 16.7 Å². The Labute approximate surface area is 137 Å². The van der Waals surface area contributed by atoms with Gasteiger partial charge in [-0.3, -0.25) is 9.69 Å². The number of hydrogen-bond donors (Lipinski definition) is 2. The number of aryl methyl sites for hydroxylation is 2. The van der Waals surface area contributed by atoms with Gasteiger partial charge in [-0.05, 0) is 51.3 Å². The average molecular weight is 314 g/mol. The molecule has 3 rings (SSSR count). The zero-order valence-corrected chi connectivity index (χ0v) is 14.1. The maximum absolute atomic E-state index is 12.9. The van der Waals surface area contributed by atoms with Crippen LogP contribution in [0.25, 0.3) is 10.9 Å². The van der Waals surface area contributed by atoms with Crippen molar-refractivity contribution in [3.05, 3.63) is 35.0 Å². The molecule has 2 N–H and O–H groups in total. The van der Waals surface area contributed by atoms with Crippen LogP contribution >= 0.6 is 0 Å². The van der Waals surface area contributed by atoms with Gasteiger partial charge in [0.05, 0.1) is 6.54 Å². The SMILES string of the molecule is Cc1ccc2c(C(=O)CN3CCCC[C@H]3CCO)c(C)[nH]c2c1. The molecule has 2 heterocycles. The standard InChI is InChI=1S/C19H26N2O2/c1-13-6-7-16-17(11-13)20-14(2)19(16)18(23)12-21-9-4-3-5-15(21)8-10-22/h6-7,11,15,20,22H,3-5,8-10,12H2,1-2H3/t15-/m0/s1. The molecular formula is C19H26N2O2. The van der Waals surface area contributed by atoms with Gasteiger partial charge in [-0.25, -0.2) is 0 Å². The first kappa shape index (κ1) is 16.2. The molecule has 23 heavy (non-hydrogen) atoms. The van der Waals surface area contributed by atoms with Gasteiger partial charge in [0.15, 0.2) is 5.78 Å². The Morgan fingerprint density at radius 3 is 2.96 bits per heavy atom.